The molecule has 0 spiro atoms. The zero-order chi connectivity index (χ0) is 14.0. The Labute approximate surface area is 113 Å². The maximum Gasteiger partial charge on any atom is 0.416 e. The van der Waals surface area contributed by atoms with E-state index in [-0.39, 0.29) is 0 Å². The number of nitrogens with zero attached hydrogens (tertiary/aromatic N) is 1. The molecule has 6 heteroatoms. The number of benzene rings is 1. The summed E-state index contributed by atoms with van der Waals surface area (Å²) in [6.07, 6.45) is -2.11. The molecule has 0 aliphatic carbocycles. The third-order valence-corrected chi connectivity index (χ3v) is 3.26. The van der Waals surface area contributed by atoms with E-state index in [4.69, 9.17) is 11.6 Å². The van der Waals surface area contributed by atoms with Crippen LogP contribution in [-0.2, 0) is 6.18 Å². The Morgan fingerprint density at radius 1 is 1.32 bits per heavy atom. The first-order valence-corrected chi connectivity index (χ1v) is 6.07. The molecule has 0 aromatic heterocycles. The van der Waals surface area contributed by atoms with Gasteiger partial charge in [0.2, 0.25) is 0 Å². The van der Waals surface area contributed by atoms with E-state index in [2.05, 4.69) is 0 Å². The zero-order valence-corrected chi connectivity index (χ0v) is 10.6. The molecule has 19 heavy (non-hydrogen) atoms. The van der Waals surface area contributed by atoms with Crippen molar-refractivity contribution in [1.82, 2.24) is 4.90 Å². The Hall–Kier alpha value is -1.49. The van der Waals surface area contributed by atoms with Gasteiger partial charge in [0.15, 0.2) is 0 Å². The van der Waals surface area contributed by atoms with Crippen LogP contribution in [-0.4, -0.2) is 23.4 Å². The fourth-order valence-electron chi connectivity index (χ4n) is 1.99. The fraction of sp³-hybridized carbons (Fsp3) is 0.308. The molecule has 102 valence electrons. The van der Waals surface area contributed by atoms with Gasteiger partial charge in [0.25, 0.3) is 0 Å². The Morgan fingerprint density at radius 3 is 2.58 bits per heavy atom. The third kappa shape index (κ3) is 3.29. The van der Waals surface area contributed by atoms with Crippen molar-refractivity contribution < 1.29 is 18.0 Å². The van der Waals surface area contributed by atoms with Gasteiger partial charge in [-0.2, -0.15) is 13.2 Å². The number of carbonyl (C=O) groups is 1. The molecule has 2 rings (SSSR count). The number of hydrogen-bond acceptors (Lipinski definition) is 1. The summed E-state index contributed by atoms with van der Waals surface area (Å²) in [4.78, 5) is 12.4. The van der Waals surface area contributed by atoms with Gasteiger partial charge in [-0.05, 0) is 41.3 Å². The maximum absolute atomic E-state index is 12.6. The van der Waals surface area contributed by atoms with Crippen molar-refractivity contribution in [2.75, 3.05) is 13.1 Å². The van der Waals surface area contributed by atoms with Crippen molar-refractivity contribution in [1.29, 1.82) is 0 Å². The number of carbonyl (C=O) groups excluding carboxylic acids is 1. The molecule has 0 bridgehead atoms. The SMILES string of the molecule is O=C(Cl)N1CC=C(c2cccc(C(F)(F)F)c2)CC1. The summed E-state index contributed by atoms with van der Waals surface area (Å²) in [6.45, 7) is 0.748. The number of hydrogen-bond donors (Lipinski definition) is 0. The van der Waals surface area contributed by atoms with Crippen LogP contribution in [0.4, 0.5) is 18.0 Å². The van der Waals surface area contributed by atoms with Crippen LogP contribution >= 0.6 is 11.6 Å². The highest BCUT2D eigenvalue weighted by atomic mass is 35.5. The van der Waals surface area contributed by atoms with Gasteiger partial charge in [-0.1, -0.05) is 18.2 Å². The second kappa shape index (κ2) is 5.25. The minimum absolute atomic E-state index is 0.327. The maximum atomic E-state index is 12.6. The van der Waals surface area contributed by atoms with E-state index in [0.717, 1.165) is 17.7 Å². The number of rotatable bonds is 1. The predicted molar refractivity (Wildman–Crippen MR) is 66.9 cm³/mol. The minimum Gasteiger partial charge on any atom is -0.325 e. The van der Waals surface area contributed by atoms with Crippen molar-refractivity contribution in [2.45, 2.75) is 12.6 Å². The van der Waals surface area contributed by atoms with Crippen LogP contribution in [0.15, 0.2) is 30.3 Å². The summed E-state index contributed by atoms with van der Waals surface area (Å²) < 4.78 is 37.8. The van der Waals surface area contributed by atoms with E-state index in [0.29, 0.717) is 25.1 Å². The van der Waals surface area contributed by atoms with Gasteiger partial charge in [0.1, 0.15) is 0 Å². The van der Waals surface area contributed by atoms with Crippen LogP contribution in [0.3, 0.4) is 0 Å². The molecule has 0 unspecified atom stereocenters. The van der Waals surface area contributed by atoms with Gasteiger partial charge >= 0.3 is 11.5 Å². The van der Waals surface area contributed by atoms with Crippen LogP contribution in [0, 0.1) is 0 Å². The van der Waals surface area contributed by atoms with Crippen molar-refractivity contribution in [3.8, 4) is 0 Å². The molecule has 1 aliphatic rings. The molecule has 1 aliphatic heterocycles. The molecule has 1 aromatic rings. The second-order valence-corrected chi connectivity index (χ2v) is 4.58. The standard InChI is InChI=1S/C13H11ClF3NO/c14-12(19)18-6-4-9(5-7-18)10-2-1-3-11(8-10)13(15,16)17/h1-4,8H,5-7H2. The smallest absolute Gasteiger partial charge is 0.325 e. The number of alkyl halides is 3. The molecule has 0 fully saturated rings. The Morgan fingerprint density at radius 2 is 2.05 bits per heavy atom. The van der Waals surface area contributed by atoms with Crippen molar-refractivity contribution in [2.24, 2.45) is 0 Å². The molecule has 0 atom stereocenters. The van der Waals surface area contributed by atoms with Gasteiger partial charge in [-0.25, -0.2) is 0 Å². The van der Waals surface area contributed by atoms with Crippen molar-refractivity contribution in [3.63, 3.8) is 0 Å². The van der Waals surface area contributed by atoms with Crippen molar-refractivity contribution >= 4 is 22.5 Å². The first-order valence-electron chi connectivity index (χ1n) is 5.69. The summed E-state index contributed by atoms with van der Waals surface area (Å²) in [7, 11) is 0. The fourth-order valence-corrected chi connectivity index (χ4v) is 2.14. The molecule has 0 N–H and O–H groups in total. The molecular formula is C13H11ClF3NO. The molecule has 2 nitrogen and oxygen atoms in total. The molecular weight excluding hydrogens is 279 g/mol. The molecule has 0 saturated heterocycles. The summed E-state index contributed by atoms with van der Waals surface area (Å²) >= 11 is 5.34. The normalized spacial score (nSPS) is 16.2. The van der Waals surface area contributed by atoms with Crippen LogP contribution < -0.4 is 0 Å². The van der Waals surface area contributed by atoms with E-state index in [1.165, 1.54) is 11.0 Å². The largest absolute Gasteiger partial charge is 0.416 e. The van der Waals surface area contributed by atoms with Gasteiger partial charge in [-0.15, -0.1) is 0 Å². The zero-order valence-electron chi connectivity index (χ0n) is 9.88. The Bertz CT molecular complexity index is 525. The summed E-state index contributed by atoms with van der Waals surface area (Å²) in [5, 5.41) is -0.542. The van der Waals surface area contributed by atoms with Crippen LogP contribution in [0.2, 0.25) is 0 Å². The highest BCUT2D eigenvalue weighted by molar-refractivity contribution is 6.62. The quantitative estimate of drug-likeness (QED) is 0.562. The monoisotopic (exact) mass is 289 g/mol. The Balaban J connectivity index is 2.22. The highest BCUT2D eigenvalue weighted by Gasteiger charge is 2.30. The lowest BCUT2D eigenvalue weighted by Gasteiger charge is -2.24. The van der Waals surface area contributed by atoms with Gasteiger partial charge < -0.3 is 4.90 Å². The summed E-state index contributed by atoms with van der Waals surface area (Å²) in [5.41, 5.74) is 0.679. The lowest BCUT2D eigenvalue weighted by atomic mass is 9.98. The minimum atomic E-state index is -4.34. The van der Waals surface area contributed by atoms with E-state index in [1.807, 2.05) is 0 Å². The van der Waals surface area contributed by atoms with Gasteiger partial charge in [0, 0.05) is 13.1 Å². The molecule has 1 aromatic carbocycles. The lowest BCUT2D eigenvalue weighted by molar-refractivity contribution is -0.137. The van der Waals surface area contributed by atoms with Gasteiger partial charge in [-0.3, -0.25) is 4.79 Å². The van der Waals surface area contributed by atoms with E-state index in [9.17, 15) is 18.0 Å². The predicted octanol–water partition coefficient (Wildman–Crippen LogP) is 4.15. The third-order valence-electron chi connectivity index (χ3n) is 3.02. The average Bonchev–Trinajstić information content (AvgIpc) is 2.38. The van der Waals surface area contributed by atoms with Gasteiger partial charge in [0.05, 0.1) is 5.56 Å². The first-order chi connectivity index (χ1) is 8.88. The summed E-state index contributed by atoms with van der Waals surface area (Å²) in [6, 6.07) is 5.20. The first kappa shape index (κ1) is 13.9. The van der Waals surface area contributed by atoms with E-state index >= 15 is 0 Å². The molecule has 1 amide bonds. The van der Waals surface area contributed by atoms with Crippen molar-refractivity contribution in [3.05, 3.63) is 41.5 Å². The summed E-state index contributed by atoms with van der Waals surface area (Å²) in [5.74, 6) is 0. The van der Waals surface area contributed by atoms with E-state index < -0.39 is 17.1 Å². The highest BCUT2D eigenvalue weighted by Crippen LogP contribution is 2.32. The molecule has 0 radical (unpaired) electrons. The van der Waals surface area contributed by atoms with Crippen LogP contribution in [0.1, 0.15) is 17.5 Å². The number of amides is 1. The van der Waals surface area contributed by atoms with Crippen LogP contribution in [0.5, 0.6) is 0 Å². The van der Waals surface area contributed by atoms with E-state index in [1.54, 1.807) is 12.1 Å². The average molecular weight is 290 g/mol. The number of halogens is 4. The Kier molecular flexibility index (Phi) is 3.85. The second-order valence-electron chi connectivity index (χ2n) is 4.26. The topological polar surface area (TPSA) is 20.3 Å². The van der Waals surface area contributed by atoms with Crippen LogP contribution in [0.25, 0.3) is 5.57 Å². The lowest BCUT2D eigenvalue weighted by Crippen LogP contribution is -2.30. The molecule has 1 heterocycles. The molecule has 0 saturated carbocycles.